The van der Waals surface area contributed by atoms with Gasteiger partial charge in [0.15, 0.2) is 5.82 Å². The van der Waals surface area contributed by atoms with Crippen molar-refractivity contribution in [2.75, 3.05) is 0 Å². The molecule has 0 saturated carbocycles. The van der Waals surface area contributed by atoms with Gasteiger partial charge >= 0.3 is 5.69 Å². The summed E-state index contributed by atoms with van der Waals surface area (Å²) in [7, 11) is 0. The predicted molar refractivity (Wildman–Crippen MR) is 85.4 cm³/mol. The molecule has 0 aliphatic carbocycles. The van der Waals surface area contributed by atoms with Crippen LogP contribution >= 0.6 is 11.6 Å². The van der Waals surface area contributed by atoms with Gasteiger partial charge in [0.1, 0.15) is 18.7 Å². The fourth-order valence-electron chi connectivity index (χ4n) is 2.27. The van der Waals surface area contributed by atoms with E-state index in [-0.39, 0.29) is 18.8 Å². The maximum absolute atomic E-state index is 10.6. The first-order chi connectivity index (χ1) is 11.5. The van der Waals surface area contributed by atoms with Crippen LogP contribution in [0.3, 0.4) is 0 Å². The summed E-state index contributed by atoms with van der Waals surface area (Å²) < 4.78 is 2.85. The molecule has 10 heteroatoms. The average molecular weight is 349 g/mol. The number of aliphatic hydroxyl groups excluding tert-OH is 1. The molecule has 9 nitrogen and oxygen atoms in total. The van der Waals surface area contributed by atoms with Gasteiger partial charge in [0, 0.05) is 5.56 Å². The van der Waals surface area contributed by atoms with Crippen LogP contribution < -0.4 is 0 Å². The van der Waals surface area contributed by atoms with Gasteiger partial charge in [-0.15, -0.1) is 0 Å². The number of nitrogens with zero attached hydrogens (tertiary/aromatic N) is 6. The highest BCUT2D eigenvalue weighted by molar-refractivity contribution is 6.33. The highest BCUT2D eigenvalue weighted by Crippen LogP contribution is 2.25. The summed E-state index contributed by atoms with van der Waals surface area (Å²) in [6, 6.07) is 7.20. The van der Waals surface area contributed by atoms with Gasteiger partial charge in [-0.3, -0.25) is 14.8 Å². The number of halogens is 1. The summed E-state index contributed by atoms with van der Waals surface area (Å²) in [4.78, 5) is 14.3. The monoisotopic (exact) mass is 348 g/mol. The third-order valence-corrected chi connectivity index (χ3v) is 3.67. The molecule has 3 aromatic rings. The first-order valence-corrected chi connectivity index (χ1v) is 7.40. The molecule has 0 saturated heterocycles. The second kappa shape index (κ2) is 6.77. The van der Waals surface area contributed by atoms with Crippen LogP contribution in [0, 0.1) is 10.1 Å². The minimum absolute atomic E-state index is 0.0929. The Labute approximate surface area is 141 Å². The van der Waals surface area contributed by atoms with Gasteiger partial charge in [0.2, 0.25) is 0 Å². The first-order valence-electron chi connectivity index (χ1n) is 7.02. The van der Waals surface area contributed by atoms with Crippen molar-refractivity contribution in [3.05, 3.63) is 58.1 Å². The molecule has 1 atom stereocenters. The van der Waals surface area contributed by atoms with E-state index in [1.807, 2.05) is 18.2 Å². The second-order valence-electron chi connectivity index (χ2n) is 5.08. The molecule has 124 valence electrons. The third kappa shape index (κ3) is 3.42. The molecule has 0 radical (unpaired) electrons. The lowest BCUT2D eigenvalue weighted by atomic mass is 10.2. The van der Waals surface area contributed by atoms with Crippen molar-refractivity contribution < 1.29 is 10.0 Å². The van der Waals surface area contributed by atoms with E-state index < -0.39 is 11.0 Å². The number of benzene rings is 1. The Kier molecular flexibility index (Phi) is 4.54. The van der Waals surface area contributed by atoms with Crippen LogP contribution in [0.25, 0.3) is 11.4 Å². The van der Waals surface area contributed by atoms with E-state index in [1.165, 1.54) is 21.9 Å². The van der Waals surface area contributed by atoms with Crippen LogP contribution in [-0.2, 0) is 13.1 Å². The molecule has 2 heterocycles. The highest BCUT2D eigenvalue weighted by atomic mass is 35.5. The molecule has 3 rings (SSSR count). The van der Waals surface area contributed by atoms with Crippen molar-refractivity contribution in [2.45, 2.75) is 19.2 Å². The zero-order valence-corrected chi connectivity index (χ0v) is 13.1. The van der Waals surface area contributed by atoms with Crippen LogP contribution in [0.2, 0.25) is 5.02 Å². The quantitative estimate of drug-likeness (QED) is 0.536. The molecular formula is C14H13ClN6O3. The van der Waals surface area contributed by atoms with Crippen molar-refractivity contribution in [3.63, 3.8) is 0 Å². The molecule has 0 bridgehead atoms. The zero-order valence-electron chi connectivity index (χ0n) is 12.4. The highest BCUT2D eigenvalue weighted by Gasteiger charge is 2.16. The van der Waals surface area contributed by atoms with Gasteiger partial charge < -0.3 is 5.11 Å². The van der Waals surface area contributed by atoms with Crippen LogP contribution in [0.5, 0.6) is 0 Å². The van der Waals surface area contributed by atoms with Crippen molar-refractivity contribution >= 4 is 17.3 Å². The molecule has 1 unspecified atom stereocenters. The summed E-state index contributed by atoms with van der Waals surface area (Å²) >= 11 is 6.16. The van der Waals surface area contributed by atoms with E-state index in [4.69, 9.17) is 11.6 Å². The number of aliphatic hydroxyl groups is 1. The number of nitro groups is 1. The normalized spacial score (nSPS) is 12.2. The Morgan fingerprint density at radius 2 is 2.08 bits per heavy atom. The predicted octanol–water partition coefficient (Wildman–Crippen LogP) is 1.76. The zero-order chi connectivity index (χ0) is 17.1. The lowest BCUT2D eigenvalue weighted by molar-refractivity contribution is -0.385. The fourth-order valence-corrected chi connectivity index (χ4v) is 2.49. The lowest BCUT2D eigenvalue weighted by Gasteiger charge is -2.12. The average Bonchev–Trinajstić information content (AvgIpc) is 3.17. The maximum atomic E-state index is 10.6. The van der Waals surface area contributed by atoms with E-state index in [1.54, 1.807) is 6.07 Å². The van der Waals surface area contributed by atoms with E-state index in [2.05, 4.69) is 15.2 Å². The van der Waals surface area contributed by atoms with Crippen molar-refractivity contribution in [2.24, 2.45) is 0 Å². The van der Waals surface area contributed by atoms with Crippen LogP contribution in [0.15, 0.2) is 43.0 Å². The summed E-state index contributed by atoms with van der Waals surface area (Å²) in [5.41, 5.74) is 0.582. The van der Waals surface area contributed by atoms with E-state index in [0.717, 1.165) is 6.20 Å². The van der Waals surface area contributed by atoms with Gasteiger partial charge in [0.25, 0.3) is 0 Å². The molecule has 1 N–H and O–H groups in total. The second-order valence-corrected chi connectivity index (χ2v) is 5.48. The van der Waals surface area contributed by atoms with Gasteiger partial charge in [-0.25, -0.2) is 9.67 Å². The number of hydrogen-bond acceptors (Lipinski definition) is 6. The summed E-state index contributed by atoms with van der Waals surface area (Å²) in [6.45, 7) is 0.240. The fraction of sp³-hybridized carbons (Fsp3) is 0.214. The largest absolute Gasteiger partial charge is 0.389 e. The van der Waals surface area contributed by atoms with Crippen LogP contribution in [0.1, 0.15) is 0 Å². The van der Waals surface area contributed by atoms with E-state index in [0.29, 0.717) is 16.4 Å². The standard InChI is InChI=1S/C14H13ClN6O3/c15-13-4-2-1-3-12(13)14-16-9-18-20(14)8-11(22)7-19-6-10(5-17-19)21(23)24/h1-6,9,11,22H,7-8H2. The summed E-state index contributed by atoms with van der Waals surface area (Å²) in [6.07, 6.45) is 2.92. The van der Waals surface area contributed by atoms with E-state index >= 15 is 0 Å². The van der Waals surface area contributed by atoms with Crippen molar-refractivity contribution in [1.82, 2.24) is 24.5 Å². The summed E-state index contributed by atoms with van der Waals surface area (Å²) in [5.74, 6) is 0.533. The lowest BCUT2D eigenvalue weighted by Crippen LogP contribution is -2.23. The molecule has 24 heavy (non-hydrogen) atoms. The number of rotatable bonds is 6. The minimum atomic E-state index is -0.854. The molecule has 1 aromatic carbocycles. The molecule has 0 fully saturated rings. The van der Waals surface area contributed by atoms with Gasteiger partial charge in [-0.05, 0) is 12.1 Å². The molecule has 0 spiro atoms. The van der Waals surface area contributed by atoms with Gasteiger partial charge in [-0.2, -0.15) is 10.2 Å². The van der Waals surface area contributed by atoms with Crippen LogP contribution in [-0.4, -0.2) is 40.7 Å². The molecule has 0 aliphatic heterocycles. The Morgan fingerprint density at radius 1 is 1.29 bits per heavy atom. The van der Waals surface area contributed by atoms with Crippen LogP contribution in [0.4, 0.5) is 5.69 Å². The number of hydrogen-bond donors (Lipinski definition) is 1. The first kappa shape index (κ1) is 16.1. The number of aromatic nitrogens is 5. The topological polar surface area (TPSA) is 112 Å². The maximum Gasteiger partial charge on any atom is 0.306 e. The van der Waals surface area contributed by atoms with Gasteiger partial charge in [0.05, 0.1) is 29.1 Å². The molecular weight excluding hydrogens is 336 g/mol. The Bertz CT molecular complexity index is 862. The van der Waals surface area contributed by atoms with Crippen molar-refractivity contribution in [1.29, 1.82) is 0 Å². The molecule has 0 amide bonds. The van der Waals surface area contributed by atoms with Gasteiger partial charge in [-0.1, -0.05) is 23.7 Å². The Hall–Kier alpha value is -2.78. The SMILES string of the molecule is O=[N+]([O-])c1cnn(CC(O)Cn2ncnc2-c2ccccc2Cl)c1. The molecule has 2 aromatic heterocycles. The van der Waals surface area contributed by atoms with Crippen molar-refractivity contribution in [3.8, 4) is 11.4 Å². The third-order valence-electron chi connectivity index (χ3n) is 3.34. The summed E-state index contributed by atoms with van der Waals surface area (Å²) in [5, 5.41) is 29.3. The smallest absolute Gasteiger partial charge is 0.306 e. The van der Waals surface area contributed by atoms with E-state index in [9.17, 15) is 15.2 Å². The molecule has 0 aliphatic rings. The minimum Gasteiger partial charge on any atom is -0.389 e. The Morgan fingerprint density at radius 3 is 2.79 bits per heavy atom. The Balaban J connectivity index is 1.73.